The minimum atomic E-state index is -4.42. The predicted octanol–water partition coefficient (Wildman–Crippen LogP) is 1.26. The van der Waals surface area contributed by atoms with Crippen molar-refractivity contribution in [2.45, 2.75) is 12.2 Å². The van der Waals surface area contributed by atoms with Crippen molar-refractivity contribution in [1.29, 1.82) is 0 Å². The van der Waals surface area contributed by atoms with Gasteiger partial charge in [0.15, 0.2) is 0 Å². The molecule has 0 saturated carbocycles. The summed E-state index contributed by atoms with van der Waals surface area (Å²) in [7, 11) is 0. The van der Waals surface area contributed by atoms with Crippen LogP contribution in [0.5, 0.6) is 0 Å². The monoisotopic (exact) mass is 268 g/mol. The molecular formula is C9H11F3N2O2S. The Morgan fingerprint density at radius 3 is 2.59 bits per heavy atom. The summed E-state index contributed by atoms with van der Waals surface area (Å²) in [6.07, 6.45) is -4.42. The van der Waals surface area contributed by atoms with Crippen LogP contribution in [0, 0.1) is 0 Å². The van der Waals surface area contributed by atoms with E-state index in [0.717, 1.165) is 12.1 Å². The van der Waals surface area contributed by atoms with Gasteiger partial charge < -0.3 is 5.73 Å². The number of nitrogens with two attached hydrogens (primary N) is 2. The lowest BCUT2D eigenvalue weighted by molar-refractivity contribution is -0.137. The van der Waals surface area contributed by atoms with Crippen molar-refractivity contribution in [3.63, 3.8) is 0 Å². The molecule has 0 aliphatic heterocycles. The third kappa shape index (κ3) is 4.43. The summed E-state index contributed by atoms with van der Waals surface area (Å²) in [6, 6.07) is 3.73. The van der Waals surface area contributed by atoms with E-state index < -0.39 is 29.0 Å². The minimum absolute atomic E-state index is 0.218. The van der Waals surface area contributed by atoms with Crippen molar-refractivity contribution < 1.29 is 21.6 Å². The highest BCUT2D eigenvalue weighted by Gasteiger charge is 2.30. The Kier molecular flexibility index (Phi) is 4.63. The number of rotatable bonds is 4. The van der Waals surface area contributed by atoms with Gasteiger partial charge in [0.1, 0.15) is 0 Å². The molecule has 0 aliphatic rings. The van der Waals surface area contributed by atoms with Crippen molar-refractivity contribution in [3.8, 4) is 0 Å². The molecule has 0 radical (unpaired) electrons. The standard InChI is InChI=1S/C9H11F3N2O2S/c10-9(11,12)7-3-1-2-6(4-7)8(13)5-16-17(14)15/h1-4,8H,5,13-14H2. The molecule has 4 N–H and O–H groups in total. The molecule has 0 fully saturated rings. The van der Waals surface area contributed by atoms with Crippen LogP contribution in [0.2, 0.25) is 0 Å². The van der Waals surface area contributed by atoms with Crippen molar-refractivity contribution in [2.24, 2.45) is 10.9 Å². The fraction of sp³-hybridized carbons (Fsp3) is 0.333. The van der Waals surface area contributed by atoms with Gasteiger partial charge >= 0.3 is 6.18 Å². The number of benzene rings is 1. The molecule has 0 saturated heterocycles. The summed E-state index contributed by atoms with van der Waals surface area (Å²) in [6.45, 7) is -0.218. The van der Waals surface area contributed by atoms with Crippen molar-refractivity contribution in [2.75, 3.05) is 6.61 Å². The molecule has 2 atom stereocenters. The topological polar surface area (TPSA) is 78.3 Å². The normalized spacial score (nSPS) is 15.6. The second-order valence-corrected chi connectivity index (χ2v) is 4.03. The van der Waals surface area contributed by atoms with Crippen molar-refractivity contribution in [1.82, 2.24) is 0 Å². The van der Waals surface area contributed by atoms with Gasteiger partial charge in [-0.25, -0.2) is 9.35 Å². The molecule has 0 aliphatic carbocycles. The maximum absolute atomic E-state index is 12.4. The summed E-state index contributed by atoms with van der Waals surface area (Å²) in [4.78, 5) is 0. The van der Waals surface area contributed by atoms with Crippen molar-refractivity contribution >= 4 is 11.3 Å². The average Bonchev–Trinajstić information content (AvgIpc) is 2.25. The van der Waals surface area contributed by atoms with Gasteiger partial charge in [0.25, 0.3) is 0 Å². The van der Waals surface area contributed by atoms with E-state index in [1.807, 2.05) is 0 Å². The molecule has 8 heteroatoms. The van der Waals surface area contributed by atoms with Gasteiger partial charge in [-0.05, 0) is 17.7 Å². The molecule has 1 aromatic rings. The third-order valence-corrected chi connectivity index (χ3v) is 2.37. The first-order valence-electron chi connectivity index (χ1n) is 4.53. The highest BCUT2D eigenvalue weighted by atomic mass is 32.2. The Hall–Kier alpha value is -0.960. The van der Waals surface area contributed by atoms with E-state index in [1.54, 1.807) is 0 Å². The Morgan fingerprint density at radius 1 is 1.41 bits per heavy atom. The van der Waals surface area contributed by atoms with Gasteiger partial charge in [0, 0.05) is 0 Å². The van der Waals surface area contributed by atoms with Crippen LogP contribution in [0.1, 0.15) is 17.2 Å². The zero-order valence-corrected chi connectivity index (χ0v) is 9.42. The SMILES string of the molecule is NC(COS(N)=O)c1cccc(C(F)(F)F)c1. The van der Waals surface area contributed by atoms with E-state index in [2.05, 4.69) is 4.18 Å². The zero-order valence-electron chi connectivity index (χ0n) is 8.61. The lowest BCUT2D eigenvalue weighted by Gasteiger charge is -2.13. The van der Waals surface area contributed by atoms with E-state index in [0.29, 0.717) is 0 Å². The quantitative estimate of drug-likeness (QED) is 0.862. The Balaban J connectivity index is 2.81. The molecule has 0 spiro atoms. The molecule has 4 nitrogen and oxygen atoms in total. The van der Waals surface area contributed by atoms with Crippen LogP contribution in [0.15, 0.2) is 24.3 Å². The first-order chi connectivity index (χ1) is 7.80. The Morgan fingerprint density at radius 2 is 2.06 bits per heavy atom. The van der Waals surface area contributed by atoms with Crippen LogP contribution in [0.25, 0.3) is 0 Å². The zero-order chi connectivity index (χ0) is 13.1. The number of alkyl halides is 3. The molecule has 2 unspecified atom stereocenters. The third-order valence-electron chi connectivity index (χ3n) is 2.01. The van der Waals surface area contributed by atoms with E-state index in [9.17, 15) is 17.4 Å². The molecule has 96 valence electrons. The van der Waals surface area contributed by atoms with Crippen LogP contribution >= 0.6 is 0 Å². The lowest BCUT2D eigenvalue weighted by atomic mass is 10.1. The molecule has 1 aromatic carbocycles. The highest BCUT2D eigenvalue weighted by Crippen LogP contribution is 2.30. The van der Waals surface area contributed by atoms with E-state index in [4.69, 9.17) is 10.9 Å². The Bertz CT molecular complexity index is 411. The van der Waals surface area contributed by atoms with Gasteiger partial charge in [-0.1, -0.05) is 12.1 Å². The van der Waals surface area contributed by atoms with Crippen molar-refractivity contribution in [3.05, 3.63) is 35.4 Å². The lowest BCUT2D eigenvalue weighted by Crippen LogP contribution is -2.20. The highest BCUT2D eigenvalue weighted by molar-refractivity contribution is 7.77. The molecule has 1 rings (SSSR count). The number of halogens is 3. The molecule has 0 bridgehead atoms. The fourth-order valence-corrected chi connectivity index (χ4v) is 1.46. The van der Waals surface area contributed by atoms with Crippen LogP contribution in [0.4, 0.5) is 13.2 Å². The van der Waals surface area contributed by atoms with Crippen LogP contribution < -0.4 is 10.9 Å². The summed E-state index contributed by atoms with van der Waals surface area (Å²) < 4.78 is 52.2. The number of hydrogen-bond acceptors (Lipinski definition) is 3. The molecule has 0 amide bonds. The minimum Gasteiger partial charge on any atom is -0.322 e. The summed E-state index contributed by atoms with van der Waals surface area (Å²) >= 11 is -1.98. The fourth-order valence-electron chi connectivity index (χ4n) is 1.18. The van der Waals surface area contributed by atoms with Crippen LogP contribution in [0.3, 0.4) is 0 Å². The largest absolute Gasteiger partial charge is 0.416 e. The second-order valence-electron chi connectivity index (χ2n) is 3.27. The second kappa shape index (κ2) is 5.58. The molecule has 0 aromatic heterocycles. The molecule has 0 heterocycles. The van der Waals surface area contributed by atoms with Crippen LogP contribution in [-0.4, -0.2) is 10.8 Å². The van der Waals surface area contributed by atoms with Gasteiger partial charge in [-0.3, -0.25) is 4.18 Å². The van der Waals surface area contributed by atoms with E-state index >= 15 is 0 Å². The molecular weight excluding hydrogens is 257 g/mol. The molecule has 17 heavy (non-hydrogen) atoms. The predicted molar refractivity (Wildman–Crippen MR) is 56.7 cm³/mol. The summed E-state index contributed by atoms with van der Waals surface area (Å²) in [5, 5.41) is 4.83. The van der Waals surface area contributed by atoms with E-state index in [1.165, 1.54) is 12.1 Å². The van der Waals surface area contributed by atoms with Crippen LogP contribution in [-0.2, 0) is 21.6 Å². The average molecular weight is 268 g/mol. The van der Waals surface area contributed by atoms with Gasteiger partial charge in [0.2, 0.25) is 11.3 Å². The van der Waals surface area contributed by atoms with Gasteiger partial charge in [0.05, 0.1) is 18.2 Å². The van der Waals surface area contributed by atoms with E-state index in [-0.39, 0.29) is 12.2 Å². The van der Waals surface area contributed by atoms with Gasteiger partial charge in [-0.2, -0.15) is 13.2 Å². The summed E-state index contributed by atoms with van der Waals surface area (Å²) in [5.74, 6) is 0. The summed E-state index contributed by atoms with van der Waals surface area (Å²) in [5.41, 5.74) is 5.02. The Labute approximate surface area is 98.5 Å². The smallest absolute Gasteiger partial charge is 0.322 e. The first-order valence-corrected chi connectivity index (χ1v) is 5.66. The maximum atomic E-state index is 12.4. The first kappa shape index (κ1) is 14.1. The maximum Gasteiger partial charge on any atom is 0.416 e. The van der Waals surface area contributed by atoms with Gasteiger partial charge in [-0.15, -0.1) is 0 Å². The number of hydrogen-bond donors (Lipinski definition) is 2.